The highest BCUT2D eigenvalue weighted by atomic mass is 16.5. The Labute approximate surface area is 185 Å². The summed E-state index contributed by atoms with van der Waals surface area (Å²) in [4.78, 5) is 29.5. The summed E-state index contributed by atoms with van der Waals surface area (Å²) in [6, 6.07) is 7.82. The summed E-state index contributed by atoms with van der Waals surface area (Å²) >= 11 is 0. The molecule has 0 radical (unpaired) electrons. The maximum Gasteiger partial charge on any atom is 0.257 e. The van der Waals surface area contributed by atoms with Crippen LogP contribution < -0.4 is 4.74 Å². The number of rotatable bonds is 1. The predicted octanol–water partition coefficient (Wildman–Crippen LogP) is 3.89. The number of carbonyl (C=O) groups is 2. The predicted molar refractivity (Wildman–Crippen MR) is 119 cm³/mol. The molecule has 0 bridgehead atoms. The van der Waals surface area contributed by atoms with E-state index < -0.39 is 0 Å². The fourth-order valence-corrected chi connectivity index (χ4v) is 5.28. The van der Waals surface area contributed by atoms with Crippen LogP contribution in [0, 0.1) is 5.41 Å². The van der Waals surface area contributed by atoms with Gasteiger partial charge in [0.25, 0.3) is 5.91 Å². The van der Waals surface area contributed by atoms with Crippen molar-refractivity contribution in [3.05, 3.63) is 29.8 Å². The van der Waals surface area contributed by atoms with Gasteiger partial charge in [0.15, 0.2) is 0 Å². The molecule has 1 aromatic carbocycles. The van der Waals surface area contributed by atoms with E-state index in [0.717, 1.165) is 71.2 Å². The second-order valence-electron chi connectivity index (χ2n) is 9.35. The number of piperidine rings is 1. The van der Waals surface area contributed by atoms with Crippen molar-refractivity contribution in [3.8, 4) is 5.75 Å². The van der Waals surface area contributed by atoms with Crippen molar-refractivity contribution in [1.29, 1.82) is 0 Å². The van der Waals surface area contributed by atoms with Gasteiger partial charge >= 0.3 is 0 Å². The van der Waals surface area contributed by atoms with E-state index in [9.17, 15) is 9.59 Å². The van der Waals surface area contributed by atoms with Crippen LogP contribution in [0.5, 0.6) is 5.75 Å². The molecule has 6 heteroatoms. The first kappa shape index (κ1) is 22.1. The summed E-state index contributed by atoms with van der Waals surface area (Å²) in [6.45, 7) is 6.25. The highest BCUT2D eigenvalue weighted by Crippen LogP contribution is 2.38. The van der Waals surface area contributed by atoms with Crippen LogP contribution in [0.2, 0.25) is 0 Å². The molecule has 0 N–H and O–H groups in total. The molecule has 1 spiro atoms. The van der Waals surface area contributed by atoms with Gasteiger partial charge in [-0.05, 0) is 50.7 Å². The van der Waals surface area contributed by atoms with Crippen molar-refractivity contribution in [2.75, 3.05) is 39.5 Å². The second kappa shape index (κ2) is 10.0. The second-order valence-corrected chi connectivity index (χ2v) is 9.35. The molecule has 3 heterocycles. The molecule has 2 fully saturated rings. The van der Waals surface area contributed by atoms with Crippen LogP contribution in [0.4, 0.5) is 0 Å². The SMILES string of the molecule is CCC(=O)N1CCC2(CCCCOC[C@@H]3CCCN3C(=O)c3ccccc3OC2)CC1. The van der Waals surface area contributed by atoms with Crippen molar-refractivity contribution >= 4 is 11.8 Å². The maximum absolute atomic E-state index is 13.4. The summed E-state index contributed by atoms with van der Waals surface area (Å²) < 4.78 is 12.4. The molecule has 2 saturated heterocycles. The molecule has 31 heavy (non-hydrogen) atoms. The molecular weight excluding hydrogens is 392 g/mol. The average Bonchev–Trinajstić information content (AvgIpc) is 3.28. The van der Waals surface area contributed by atoms with E-state index in [2.05, 4.69) is 0 Å². The summed E-state index contributed by atoms with van der Waals surface area (Å²) in [5.41, 5.74) is 0.696. The van der Waals surface area contributed by atoms with E-state index in [1.165, 1.54) is 0 Å². The number of ether oxygens (including phenoxy) is 2. The van der Waals surface area contributed by atoms with Gasteiger partial charge in [0.2, 0.25) is 5.91 Å². The normalized spacial score (nSPS) is 24.8. The van der Waals surface area contributed by atoms with E-state index in [4.69, 9.17) is 9.47 Å². The Hall–Kier alpha value is -2.08. The van der Waals surface area contributed by atoms with Crippen molar-refractivity contribution in [3.63, 3.8) is 0 Å². The van der Waals surface area contributed by atoms with Gasteiger partial charge in [-0.2, -0.15) is 0 Å². The molecule has 4 rings (SSSR count). The third-order valence-electron chi connectivity index (χ3n) is 7.32. The van der Waals surface area contributed by atoms with Gasteiger partial charge in [-0.1, -0.05) is 25.5 Å². The van der Waals surface area contributed by atoms with E-state index in [-0.39, 0.29) is 23.3 Å². The van der Waals surface area contributed by atoms with Crippen LogP contribution in [-0.4, -0.2) is 67.1 Å². The van der Waals surface area contributed by atoms with Gasteiger partial charge in [-0.3, -0.25) is 9.59 Å². The van der Waals surface area contributed by atoms with Crippen LogP contribution in [0.3, 0.4) is 0 Å². The zero-order valence-corrected chi connectivity index (χ0v) is 18.8. The summed E-state index contributed by atoms with van der Waals surface area (Å²) in [6.07, 6.45) is 7.68. The first-order chi connectivity index (χ1) is 15.1. The van der Waals surface area contributed by atoms with Crippen molar-refractivity contribution < 1.29 is 19.1 Å². The smallest absolute Gasteiger partial charge is 0.257 e. The third-order valence-corrected chi connectivity index (χ3v) is 7.32. The van der Waals surface area contributed by atoms with Gasteiger partial charge in [0.05, 0.1) is 24.8 Å². The Morgan fingerprint density at radius 3 is 2.71 bits per heavy atom. The molecule has 1 aromatic rings. The van der Waals surface area contributed by atoms with E-state index in [0.29, 0.717) is 30.9 Å². The lowest BCUT2D eigenvalue weighted by molar-refractivity contribution is -0.133. The Morgan fingerprint density at radius 2 is 1.90 bits per heavy atom. The topological polar surface area (TPSA) is 59.1 Å². The number of likely N-dealkylation sites (tertiary alicyclic amines) is 1. The Balaban J connectivity index is 1.54. The lowest BCUT2D eigenvalue weighted by Gasteiger charge is -2.42. The Bertz CT molecular complexity index is 773. The number of hydrogen-bond donors (Lipinski definition) is 0. The molecule has 0 unspecified atom stereocenters. The summed E-state index contributed by atoms with van der Waals surface area (Å²) in [5.74, 6) is 0.972. The molecule has 0 saturated carbocycles. The fraction of sp³-hybridized carbons (Fsp3) is 0.680. The zero-order valence-electron chi connectivity index (χ0n) is 18.8. The molecular formula is C25H36N2O4. The number of benzene rings is 1. The first-order valence-electron chi connectivity index (χ1n) is 12.0. The number of nitrogens with zero attached hydrogens (tertiary/aromatic N) is 2. The highest BCUT2D eigenvalue weighted by Gasteiger charge is 2.37. The highest BCUT2D eigenvalue weighted by molar-refractivity contribution is 5.97. The number of hydrogen-bond acceptors (Lipinski definition) is 4. The molecule has 3 aliphatic rings. The molecule has 1 atom stereocenters. The van der Waals surface area contributed by atoms with Crippen LogP contribution >= 0.6 is 0 Å². The molecule has 3 aliphatic heterocycles. The van der Waals surface area contributed by atoms with Crippen LogP contribution in [0.1, 0.15) is 68.6 Å². The number of carbonyl (C=O) groups excluding carboxylic acids is 2. The molecule has 0 aliphatic carbocycles. The van der Waals surface area contributed by atoms with Crippen LogP contribution in [0.25, 0.3) is 0 Å². The lowest BCUT2D eigenvalue weighted by Crippen LogP contribution is -2.45. The molecule has 2 amide bonds. The largest absolute Gasteiger partial charge is 0.492 e. The van der Waals surface area contributed by atoms with Gasteiger partial charge < -0.3 is 19.3 Å². The zero-order chi connectivity index (χ0) is 21.7. The van der Waals surface area contributed by atoms with Crippen LogP contribution in [0.15, 0.2) is 24.3 Å². The Morgan fingerprint density at radius 1 is 1.10 bits per heavy atom. The summed E-state index contributed by atoms with van der Waals surface area (Å²) in [7, 11) is 0. The van der Waals surface area contributed by atoms with Gasteiger partial charge in [0.1, 0.15) is 5.75 Å². The van der Waals surface area contributed by atoms with Gasteiger partial charge in [0, 0.05) is 38.1 Å². The first-order valence-corrected chi connectivity index (χ1v) is 12.0. The minimum absolute atomic E-state index is 0.0426. The van der Waals surface area contributed by atoms with Gasteiger partial charge in [-0.25, -0.2) is 0 Å². The fourth-order valence-electron chi connectivity index (χ4n) is 5.28. The average molecular weight is 429 g/mol. The quantitative estimate of drug-likeness (QED) is 0.681. The van der Waals surface area contributed by atoms with Gasteiger partial charge in [-0.15, -0.1) is 0 Å². The molecule has 170 valence electrons. The summed E-state index contributed by atoms with van der Waals surface area (Å²) in [5, 5.41) is 0. The standard InChI is InChI=1S/C25H36N2O4/c1-2-23(28)26-15-12-25(13-16-26)11-5-6-17-30-18-20-8-7-14-27(20)24(29)21-9-3-4-10-22(21)31-19-25/h3-4,9-10,20H,2,5-8,11-19H2,1H3/t20-/m0/s1. The Kier molecular flexibility index (Phi) is 7.16. The monoisotopic (exact) mass is 428 g/mol. The van der Waals surface area contributed by atoms with Crippen molar-refractivity contribution in [1.82, 2.24) is 9.80 Å². The number of amides is 2. The lowest BCUT2D eigenvalue weighted by atomic mass is 9.75. The third kappa shape index (κ3) is 5.05. The minimum atomic E-state index is 0.0426. The van der Waals surface area contributed by atoms with E-state index in [1.807, 2.05) is 41.0 Å². The number of fused-ring (bicyclic) bond motifs is 2. The van der Waals surface area contributed by atoms with E-state index >= 15 is 0 Å². The molecule has 6 nitrogen and oxygen atoms in total. The maximum atomic E-state index is 13.4. The van der Waals surface area contributed by atoms with Crippen molar-refractivity contribution in [2.24, 2.45) is 5.41 Å². The minimum Gasteiger partial charge on any atom is -0.492 e. The van der Waals surface area contributed by atoms with E-state index in [1.54, 1.807) is 0 Å². The molecule has 0 aromatic heterocycles. The number of para-hydroxylation sites is 1. The van der Waals surface area contributed by atoms with Crippen molar-refractivity contribution in [2.45, 2.75) is 64.3 Å². The van der Waals surface area contributed by atoms with Crippen LogP contribution in [-0.2, 0) is 9.53 Å².